The van der Waals surface area contributed by atoms with Crippen LogP contribution in [-0.4, -0.2) is 14.8 Å². The van der Waals surface area contributed by atoms with Gasteiger partial charge in [-0.15, -0.1) is 10.2 Å². The molecule has 0 aliphatic carbocycles. The van der Waals surface area contributed by atoms with Crippen LogP contribution in [0.15, 0.2) is 71.9 Å². The topological polar surface area (TPSA) is 30.7 Å². The van der Waals surface area contributed by atoms with E-state index in [1.54, 1.807) is 11.8 Å². The number of aryl methyl sites for hydroxylation is 2. The molecule has 4 rings (SSSR count). The smallest absolute Gasteiger partial charge is 0.196 e. The molecule has 0 atom stereocenters. The molecular weight excluding hydrogens is 326 g/mol. The van der Waals surface area contributed by atoms with Crippen molar-refractivity contribution in [2.45, 2.75) is 24.8 Å². The van der Waals surface area contributed by atoms with Crippen LogP contribution in [0.4, 0.5) is 0 Å². The summed E-state index contributed by atoms with van der Waals surface area (Å²) in [6.07, 6.45) is 0. The van der Waals surface area contributed by atoms with Gasteiger partial charge in [0.25, 0.3) is 0 Å². The third-order valence-corrected chi connectivity index (χ3v) is 5.27. The zero-order valence-electron chi connectivity index (χ0n) is 14.3. The van der Waals surface area contributed by atoms with Gasteiger partial charge in [0, 0.05) is 11.4 Å². The Bertz CT molecular complexity index is 1020. The average Bonchev–Trinajstić information content (AvgIpc) is 3.01. The minimum absolute atomic E-state index is 0.870. The van der Waals surface area contributed by atoms with E-state index in [0.29, 0.717) is 0 Å². The van der Waals surface area contributed by atoms with E-state index in [0.717, 1.165) is 22.4 Å². The van der Waals surface area contributed by atoms with Gasteiger partial charge in [-0.1, -0.05) is 71.9 Å². The molecule has 0 N–H and O–H groups in total. The SMILES string of the molecule is Cc1ccc(-n2c(C)nnc2SCc2ccc3ccccc3c2)cc1. The molecule has 3 aromatic carbocycles. The molecule has 0 bridgehead atoms. The van der Waals surface area contributed by atoms with Crippen molar-refractivity contribution in [1.82, 2.24) is 14.8 Å². The molecule has 1 heterocycles. The summed E-state index contributed by atoms with van der Waals surface area (Å²) in [6, 6.07) is 23.5. The fourth-order valence-electron chi connectivity index (χ4n) is 2.90. The third kappa shape index (κ3) is 3.30. The Kier molecular flexibility index (Phi) is 4.28. The fraction of sp³-hybridized carbons (Fsp3) is 0.143. The normalized spacial score (nSPS) is 11.1. The first-order valence-corrected chi connectivity index (χ1v) is 9.29. The van der Waals surface area contributed by atoms with Gasteiger partial charge in [0.05, 0.1) is 0 Å². The van der Waals surface area contributed by atoms with Crippen LogP contribution in [0.25, 0.3) is 16.5 Å². The summed E-state index contributed by atoms with van der Waals surface area (Å²) in [7, 11) is 0. The number of hydrogen-bond donors (Lipinski definition) is 0. The molecule has 1 aromatic heterocycles. The predicted octanol–water partition coefficient (Wildman–Crippen LogP) is 5.33. The number of fused-ring (bicyclic) bond motifs is 1. The number of nitrogens with zero attached hydrogens (tertiary/aromatic N) is 3. The summed E-state index contributed by atoms with van der Waals surface area (Å²) >= 11 is 1.72. The van der Waals surface area contributed by atoms with Gasteiger partial charge in [0.2, 0.25) is 0 Å². The predicted molar refractivity (Wildman–Crippen MR) is 104 cm³/mol. The van der Waals surface area contributed by atoms with E-state index < -0.39 is 0 Å². The molecule has 0 amide bonds. The highest BCUT2D eigenvalue weighted by molar-refractivity contribution is 7.98. The van der Waals surface area contributed by atoms with E-state index in [1.165, 1.54) is 21.9 Å². The Balaban J connectivity index is 1.59. The number of thioether (sulfide) groups is 1. The van der Waals surface area contributed by atoms with Crippen LogP contribution in [0.3, 0.4) is 0 Å². The average molecular weight is 345 g/mol. The molecule has 0 spiro atoms. The Labute approximate surface area is 151 Å². The lowest BCUT2D eigenvalue weighted by Crippen LogP contribution is -1.99. The molecule has 0 unspecified atom stereocenters. The lowest BCUT2D eigenvalue weighted by atomic mass is 10.1. The van der Waals surface area contributed by atoms with Crippen molar-refractivity contribution in [3.8, 4) is 5.69 Å². The largest absolute Gasteiger partial charge is 0.274 e. The first-order valence-electron chi connectivity index (χ1n) is 8.30. The van der Waals surface area contributed by atoms with Crippen LogP contribution in [0.2, 0.25) is 0 Å². The van der Waals surface area contributed by atoms with Gasteiger partial charge in [0.1, 0.15) is 5.82 Å². The van der Waals surface area contributed by atoms with Gasteiger partial charge in [-0.25, -0.2) is 0 Å². The number of aromatic nitrogens is 3. The summed E-state index contributed by atoms with van der Waals surface area (Å²) in [5.74, 6) is 1.78. The van der Waals surface area contributed by atoms with Crippen LogP contribution < -0.4 is 0 Å². The van der Waals surface area contributed by atoms with Crippen LogP contribution in [0, 0.1) is 13.8 Å². The van der Waals surface area contributed by atoms with Crippen LogP contribution in [-0.2, 0) is 5.75 Å². The Morgan fingerprint density at radius 1 is 0.840 bits per heavy atom. The summed E-state index contributed by atoms with van der Waals surface area (Å²) < 4.78 is 2.12. The monoisotopic (exact) mass is 345 g/mol. The quantitative estimate of drug-likeness (QED) is 0.468. The highest BCUT2D eigenvalue weighted by atomic mass is 32.2. The van der Waals surface area contributed by atoms with Crippen molar-refractivity contribution in [2.24, 2.45) is 0 Å². The highest BCUT2D eigenvalue weighted by Crippen LogP contribution is 2.26. The summed E-state index contributed by atoms with van der Waals surface area (Å²) in [5, 5.41) is 12.1. The second kappa shape index (κ2) is 6.73. The molecule has 0 saturated heterocycles. The molecule has 0 saturated carbocycles. The van der Waals surface area contributed by atoms with Crippen LogP contribution in [0.1, 0.15) is 17.0 Å². The van der Waals surface area contributed by atoms with Gasteiger partial charge in [-0.3, -0.25) is 4.57 Å². The summed E-state index contributed by atoms with van der Waals surface area (Å²) in [4.78, 5) is 0. The van der Waals surface area contributed by atoms with Crippen molar-refractivity contribution in [2.75, 3.05) is 0 Å². The van der Waals surface area contributed by atoms with Gasteiger partial charge in [-0.2, -0.15) is 0 Å². The van der Waals surface area contributed by atoms with Gasteiger partial charge < -0.3 is 0 Å². The van der Waals surface area contributed by atoms with E-state index in [-0.39, 0.29) is 0 Å². The Hall–Kier alpha value is -2.59. The highest BCUT2D eigenvalue weighted by Gasteiger charge is 2.11. The maximum atomic E-state index is 4.37. The molecule has 3 nitrogen and oxygen atoms in total. The van der Waals surface area contributed by atoms with E-state index in [9.17, 15) is 0 Å². The fourth-order valence-corrected chi connectivity index (χ4v) is 3.84. The molecule has 0 fully saturated rings. The van der Waals surface area contributed by atoms with Crippen molar-refractivity contribution in [3.63, 3.8) is 0 Å². The zero-order chi connectivity index (χ0) is 17.2. The Morgan fingerprint density at radius 3 is 2.40 bits per heavy atom. The van der Waals surface area contributed by atoms with Crippen molar-refractivity contribution in [1.29, 1.82) is 0 Å². The summed E-state index contributed by atoms with van der Waals surface area (Å²) in [5.41, 5.74) is 3.65. The maximum Gasteiger partial charge on any atom is 0.196 e. The van der Waals surface area contributed by atoms with Crippen LogP contribution in [0.5, 0.6) is 0 Å². The molecule has 0 radical (unpaired) electrons. The maximum absolute atomic E-state index is 4.37. The molecule has 0 aliphatic heterocycles. The molecule has 124 valence electrons. The minimum Gasteiger partial charge on any atom is -0.274 e. The molecular formula is C21H19N3S. The minimum atomic E-state index is 0.870. The number of rotatable bonds is 4. The van der Waals surface area contributed by atoms with E-state index in [4.69, 9.17) is 0 Å². The second-order valence-corrected chi connectivity index (χ2v) is 7.11. The third-order valence-electron chi connectivity index (χ3n) is 4.27. The molecule has 0 aliphatic rings. The first-order chi connectivity index (χ1) is 12.2. The van der Waals surface area contributed by atoms with E-state index >= 15 is 0 Å². The standard InChI is InChI=1S/C21H19N3S/c1-15-7-11-20(12-8-15)24-16(2)22-23-21(24)25-14-17-9-10-18-5-3-4-6-19(18)13-17/h3-13H,14H2,1-2H3. The lowest BCUT2D eigenvalue weighted by Gasteiger charge is -2.09. The van der Waals surface area contributed by atoms with E-state index in [2.05, 4.69) is 88.4 Å². The molecule has 4 heteroatoms. The van der Waals surface area contributed by atoms with Gasteiger partial charge >= 0.3 is 0 Å². The van der Waals surface area contributed by atoms with Crippen molar-refractivity contribution in [3.05, 3.63) is 83.7 Å². The van der Waals surface area contributed by atoms with Crippen molar-refractivity contribution >= 4 is 22.5 Å². The van der Waals surface area contributed by atoms with E-state index in [1.807, 2.05) is 6.92 Å². The first kappa shape index (κ1) is 15.9. The summed E-state index contributed by atoms with van der Waals surface area (Å²) in [6.45, 7) is 4.09. The second-order valence-electron chi connectivity index (χ2n) is 6.17. The number of hydrogen-bond acceptors (Lipinski definition) is 3. The van der Waals surface area contributed by atoms with Crippen LogP contribution >= 0.6 is 11.8 Å². The number of benzene rings is 3. The molecule has 4 aromatic rings. The lowest BCUT2D eigenvalue weighted by molar-refractivity contribution is 0.868. The zero-order valence-corrected chi connectivity index (χ0v) is 15.1. The van der Waals surface area contributed by atoms with Gasteiger partial charge in [-0.05, 0) is 42.3 Å². The molecule has 25 heavy (non-hydrogen) atoms. The van der Waals surface area contributed by atoms with Gasteiger partial charge in [0.15, 0.2) is 5.16 Å². The van der Waals surface area contributed by atoms with Crippen molar-refractivity contribution < 1.29 is 0 Å². The Morgan fingerprint density at radius 2 is 1.60 bits per heavy atom.